The molecule has 1 heterocycles. The van der Waals surface area contributed by atoms with Crippen LogP contribution in [0.4, 0.5) is 27.5 Å². The number of aromatic nitrogens is 2. The van der Waals surface area contributed by atoms with Crippen LogP contribution >= 0.6 is 11.6 Å². The highest BCUT2D eigenvalue weighted by Crippen LogP contribution is 2.30. The molecule has 128 valence electrons. The first-order chi connectivity index (χ1) is 12.0. The van der Waals surface area contributed by atoms with Crippen LogP contribution in [0, 0.1) is 12.7 Å². The van der Waals surface area contributed by atoms with Crippen molar-refractivity contribution < 1.29 is 9.13 Å². The number of rotatable bonds is 5. The van der Waals surface area contributed by atoms with E-state index in [1.165, 1.54) is 12.1 Å². The van der Waals surface area contributed by atoms with Crippen LogP contribution in [0.15, 0.2) is 48.5 Å². The molecule has 5 nitrogen and oxygen atoms in total. The van der Waals surface area contributed by atoms with Crippen molar-refractivity contribution in [1.29, 1.82) is 0 Å². The van der Waals surface area contributed by atoms with Gasteiger partial charge in [0.2, 0.25) is 5.95 Å². The molecule has 0 atom stereocenters. The molecule has 3 aromatic rings. The van der Waals surface area contributed by atoms with Crippen LogP contribution in [0.2, 0.25) is 5.02 Å². The highest BCUT2D eigenvalue weighted by atomic mass is 35.5. The van der Waals surface area contributed by atoms with Gasteiger partial charge in [-0.05, 0) is 49.4 Å². The number of hydrogen-bond acceptors (Lipinski definition) is 5. The highest BCUT2D eigenvalue weighted by Gasteiger charge is 2.08. The standard InChI is InChI=1S/C18H16ClFN4O/c1-11-9-17(22-14-6-4-13(20)5-7-14)24-18(21-11)23-15-10-12(19)3-8-16(15)25-2/h3-10H,1-2H3,(H2,21,22,23,24). The summed E-state index contributed by atoms with van der Waals surface area (Å²) in [5.41, 5.74) is 2.15. The Labute approximate surface area is 149 Å². The van der Waals surface area contributed by atoms with Crippen molar-refractivity contribution in [2.75, 3.05) is 17.7 Å². The molecule has 0 radical (unpaired) electrons. The predicted molar refractivity (Wildman–Crippen MR) is 97.7 cm³/mol. The zero-order chi connectivity index (χ0) is 17.8. The zero-order valence-electron chi connectivity index (χ0n) is 13.7. The van der Waals surface area contributed by atoms with Crippen molar-refractivity contribution in [2.45, 2.75) is 6.92 Å². The van der Waals surface area contributed by atoms with Gasteiger partial charge in [-0.1, -0.05) is 11.6 Å². The van der Waals surface area contributed by atoms with Gasteiger partial charge in [-0.3, -0.25) is 0 Å². The maximum absolute atomic E-state index is 13.0. The second-order valence-corrected chi connectivity index (χ2v) is 5.76. The van der Waals surface area contributed by atoms with Gasteiger partial charge in [-0.15, -0.1) is 0 Å². The summed E-state index contributed by atoms with van der Waals surface area (Å²) >= 11 is 6.04. The van der Waals surface area contributed by atoms with Gasteiger partial charge in [-0.25, -0.2) is 9.37 Å². The van der Waals surface area contributed by atoms with Crippen molar-refractivity contribution in [1.82, 2.24) is 9.97 Å². The average molecular weight is 359 g/mol. The summed E-state index contributed by atoms with van der Waals surface area (Å²) in [7, 11) is 1.58. The van der Waals surface area contributed by atoms with Gasteiger partial charge in [0.15, 0.2) is 0 Å². The monoisotopic (exact) mass is 358 g/mol. The molecule has 0 fully saturated rings. The van der Waals surface area contributed by atoms with E-state index in [0.29, 0.717) is 28.2 Å². The topological polar surface area (TPSA) is 59.1 Å². The molecular formula is C18H16ClFN4O. The molecule has 0 saturated carbocycles. The summed E-state index contributed by atoms with van der Waals surface area (Å²) < 4.78 is 18.3. The molecule has 0 spiro atoms. The molecule has 0 bridgehead atoms. The van der Waals surface area contributed by atoms with Crippen LogP contribution in [0.25, 0.3) is 0 Å². The van der Waals surface area contributed by atoms with Gasteiger partial charge in [-0.2, -0.15) is 4.98 Å². The van der Waals surface area contributed by atoms with E-state index in [1.807, 2.05) is 6.92 Å². The molecule has 0 unspecified atom stereocenters. The first-order valence-electron chi connectivity index (χ1n) is 7.52. The van der Waals surface area contributed by atoms with Gasteiger partial charge in [0.25, 0.3) is 0 Å². The predicted octanol–water partition coefficient (Wildman–Crippen LogP) is 5.07. The summed E-state index contributed by atoms with van der Waals surface area (Å²) in [6, 6.07) is 13.1. The zero-order valence-corrected chi connectivity index (χ0v) is 14.4. The van der Waals surface area contributed by atoms with Crippen LogP contribution in [0.1, 0.15) is 5.69 Å². The lowest BCUT2D eigenvalue weighted by molar-refractivity contribution is 0.417. The molecule has 3 rings (SSSR count). The van der Waals surface area contributed by atoms with Crippen molar-refractivity contribution >= 4 is 34.7 Å². The Morgan fingerprint density at radius 1 is 1.00 bits per heavy atom. The maximum atomic E-state index is 13.0. The first kappa shape index (κ1) is 17.0. The number of hydrogen-bond donors (Lipinski definition) is 2. The van der Waals surface area contributed by atoms with Gasteiger partial charge in [0.1, 0.15) is 17.4 Å². The lowest BCUT2D eigenvalue weighted by Crippen LogP contribution is -2.03. The third kappa shape index (κ3) is 4.36. The number of methoxy groups -OCH3 is 1. The molecule has 0 aliphatic carbocycles. The largest absolute Gasteiger partial charge is 0.495 e. The second-order valence-electron chi connectivity index (χ2n) is 5.32. The molecule has 1 aromatic heterocycles. The van der Waals surface area contributed by atoms with Crippen molar-refractivity contribution in [3.8, 4) is 5.75 Å². The minimum atomic E-state index is -0.292. The molecule has 0 aliphatic rings. The number of benzene rings is 2. The molecule has 7 heteroatoms. The molecular weight excluding hydrogens is 343 g/mol. The Bertz CT molecular complexity index is 887. The molecule has 25 heavy (non-hydrogen) atoms. The summed E-state index contributed by atoms with van der Waals surface area (Å²) in [5.74, 6) is 1.31. The maximum Gasteiger partial charge on any atom is 0.229 e. The molecule has 2 aromatic carbocycles. The molecule has 0 aliphatic heterocycles. The third-order valence-corrected chi connectivity index (χ3v) is 3.61. The molecule has 2 N–H and O–H groups in total. The number of nitrogens with zero attached hydrogens (tertiary/aromatic N) is 2. The SMILES string of the molecule is COc1ccc(Cl)cc1Nc1nc(C)cc(Nc2ccc(F)cc2)n1. The normalized spacial score (nSPS) is 10.4. The first-order valence-corrected chi connectivity index (χ1v) is 7.90. The molecule has 0 amide bonds. The van der Waals surface area contributed by atoms with E-state index in [2.05, 4.69) is 20.6 Å². The van der Waals surface area contributed by atoms with Gasteiger partial charge >= 0.3 is 0 Å². The van der Waals surface area contributed by atoms with Gasteiger partial charge in [0, 0.05) is 22.5 Å². The van der Waals surface area contributed by atoms with Gasteiger partial charge in [0.05, 0.1) is 12.8 Å². The Morgan fingerprint density at radius 2 is 1.76 bits per heavy atom. The fourth-order valence-electron chi connectivity index (χ4n) is 2.27. The number of nitrogens with one attached hydrogen (secondary N) is 2. The third-order valence-electron chi connectivity index (χ3n) is 3.38. The second kappa shape index (κ2) is 7.36. The van der Waals surface area contributed by atoms with E-state index in [0.717, 1.165) is 11.4 Å². The van der Waals surface area contributed by atoms with E-state index in [-0.39, 0.29) is 5.82 Å². The molecule has 0 saturated heterocycles. The number of ether oxygens (including phenoxy) is 1. The number of aryl methyl sites for hydroxylation is 1. The lowest BCUT2D eigenvalue weighted by atomic mass is 10.3. The van der Waals surface area contributed by atoms with E-state index in [4.69, 9.17) is 16.3 Å². The van der Waals surface area contributed by atoms with Crippen LogP contribution in [0.3, 0.4) is 0 Å². The van der Waals surface area contributed by atoms with Gasteiger partial charge < -0.3 is 15.4 Å². The van der Waals surface area contributed by atoms with E-state index in [9.17, 15) is 4.39 Å². The van der Waals surface area contributed by atoms with E-state index >= 15 is 0 Å². The Morgan fingerprint density at radius 3 is 2.48 bits per heavy atom. The summed E-state index contributed by atoms with van der Waals surface area (Å²) in [5, 5.41) is 6.80. The van der Waals surface area contributed by atoms with Crippen LogP contribution < -0.4 is 15.4 Å². The fraction of sp³-hybridized carbons (Fsp3) is 0.111. The average Bonchev–Trinajstić information content (AvgIpc) is 2.57. The Kier molecular flexibility index (Phi) is 5.00. The van der Waals surface area contributed by atoms with Crippen LogP contribution in [-0.2, 0) is 0 Å². The van der Waals surface area contributed by atoms with Crippen molar-refractivity contribution in [3.63, 3.8) is 0 Å². The van der Waals surface area contributed by atoms with Crippen molar-refractivity contribution in [3.05, 3.63) is 65.1 Å². The fourth-order valence-corrected chi connectivity index (χ4v) is 2.44. The summed E-state index contributed by atoms with van der Waals surface area (Å²) in [4.78, 5) is 8.80. The van der Waals surface area contributed by atoms with Crippen LogP contribution in [-0.4, -0.2) is 17.1 Å². The Hall–Kier alpha value is -2.86. The summed E-state index contributed by atoms with van der Waals surface area (Å²) in [6.45, 7) is 1.86. The lowest BCUT2D eigenvalue weighted by Gasteiger charge is -2.12. The van der Waals surface area contributed by atoms with E-state index in [1.54, 1.807) is 43.5 Å². The number of halogens is 2. The Balaban J connectivity index is 1.87. The minimum Gasteiger partial charge on any atom is -0.495 e. The quantitative estimate of drug-likeness (QED) is 0.666. The highest BCUT2D eigenvalue weighted by molar-refractivity contribution is 6.31. The van der Waals surface area contributed by atoms with Crippen LogP contribution in [0.5, 0.6) is 5.75 Å². The van der Waals surface area contributed by atoms with Crippen molar-refractivity contribution in [2.24, 2.45) is 0 Å². The minimum absolute atomic E-state index is 0.292. The summed E-state index contributed by atoms with van der Waals surface area (Å²) in [6.07, 6.45) is 0. The number of anilines is 4. The smallest absolute Gasteiger partial charge is 0.229 e. The van der Waals surface area contributed by atoms with E-state index < -0.39 is 0 Å².